The van der Waals surface area contributed by atoms with Crippen LogP contribution in [0.3, 0.4) is 0 Å². The van der Waals surface area contributed by atoms with Gasteiger partial charge in [-0.1, -0.05) is 146 Å². The van der Waals surface area contributed by atoms with Crippen LogP contribution in [-0.4, -0.2) is 24.5 Å². The zero-order chi connectivity index (χ0) is 56.5. The van der Waals surface area contributed by atoms with Gasteiger partial charge in [-0.3, -0.25) is 0 Å². The number of rotatable bonds is 3. The van der Waals surface area contributed by atoms with Crippen LogP contribution in [0.4, 0.5) is 45.5 Å². The summed E-state index contributed by atoms with van der Waals surface area (Å²) >= 11 is 0. The molecule has 3 heterocycles. The smallest absolute Gasteiger partial charge is 0.0394 e. The number of aryl methyl sites for hydroxylation is 4. The minimum absolute atomic E-state index is 0. The predicted molar refractivity (Wildman–Crippen MR) is 337 cm³/mol. The van der Waals surface area contributed by atoms with E-state index < -0.39 is 0 Å². The number of hydrogen-bond acceptors (Lipinski definition) is 9. The van der Waals surface area contributed by atoms with Gasteiger partial charge in [-0.05, 0) is 156 Å². The maximum Gasteiger partial charge on any atom is 0.0394 e. The topological polar surface area (TPSA) is 211 Å². The number of nitrogen functional groups attached to an aromatic ring is 8. The number of anilines is 8. The van der Waals surface area contributed by atoms with E-state index >= 15 is 0 Å². The van der Waals surface area contributed by atoms with Crippen LogP contribution >= 0.6 is 0 Å². The van der Waals surface area contributed by atoms with Crippen LogP contribution in [0.5, 0.6) is 0 Å². The van der Waals surface area contributed by atoms with Gasteiger partial charge >= 0.3 is 0 Å². The molecule has 0 saturated carbocycles. The predicted octanol–water partition coefficient (Wildman–Crippen LogP) is 13.6. The van der Waals surface area contributed by atoms with Crippen LogP contribution < -0.4 is 45.9 Å². The largest absolute Gasteiger partial charge is 0.408 e. The first-order valence-corrected chi connectivity index (χ1v) is 28.2. The third-order valence-electron chi connectivity index (χ3n) is 19.0. The first kappa shape index (κ1) is 68.6. The molecule has 0 aromatic heterocycles. The molecule has 14 rings (SSSR count). The van der Waals surface area contributed by atoms with E-state index in [2.05, 4.69) is 153 Å². The number of piperidine rings is 3. The van der Waals surface area contributed by atoms with Crippen LogP contribution in [0.2, 0.25) is 0 Å². The molecule has 6 aliphatic rings. The molecule has 1 spiro atoms. The first-order valence-electron chi connectivity index (χ1n) is 28.2. The van der Waals surface area contributed by atoms with Gasteiger partial charge in [0.15, 0.2) is 0 Å². The molecule has 83 heavy (non-hydrogen) atoms. The third kappa shape index (κ3) is 12.7. The van der Waals surface area contributed by atoms with Gasteiger partial charge in [-0.25, -0.2) is 0 Å². The van der Waals surface area contributed by atoms with E-state index in [1.54, 1.807) is 0 Å². The Morgan fingerprint density at radius 2 is 0.892 bits per heavy atom. The van der Waals surface area contributed by atoms with Crippen molar-refractivity contribution in [1.82, 2.24) is 4.90 Å². The Bertz CT molecular complexity index is 3500. The van der Waals surface area contributed by atoms with Crippen LogP contribution in [0.1, 0.15) is 136 Å². The van der Waals surface area contributed by atoms with Gasteiger partial charge in [-0.15, -0.1) is 33.4 Å². The van der Waals surface area contributed by atoms with Crippen molar-refractivity contribution >= 4 is 56.3 Å². The van der Waals surface area contributed by atoms with E-state index in [0.29, 0.717) is 5.92 Å². The van der Waals surface area contributed by atoms with Crippen molar-refractivity contribution in [3.63, 3.8) is 0 Å². The molecule has 16 N–H and O–H groups in total. The number of nitrogens with zero attached hydrogens (tertiary/aromatic N) is 1. The number of benzene rings is 8. The number of nitrogens with two attached hydrogens (primary N) is 8. The summed E-state index contributed by atoms with van der Waals surface area (Å²) in [5.74, 6) is 0.688. The van der Waals surface area contributed by atoms with E-state index in [1.165, 1.54) is 109 Å². The first-order chi connectivity index (χ1) is 37.5. The standard InChI is InChI=1S/C21H27N3.C21H24N2.C18H22N2.C10H10N2.4Y/c1-14-11-17(3-5-19(14)22)21(13-24-9-7-16(21)8-10-24)18-4-6-20(23)15(2)12-18;1-11-9-17(22)13(3)15-5-7-21(19(11)15)8-6-16-14(4)18(23)10-12(2)20(16)21;1-17(2)11-18(3,12-4-6-13(19)7-5-12)16-10-14(20)8-9-15(16)17;11-9-5-1-3-7-8(9)4-2-6-10(7)12;;;;/h3-6,11-12,16H,7-10,13,22-23H2,1-2H3;5-6,9-10H,7-8,22-23H2,1-4H3;4-10H,11,19-20H2,1-3H3;1-6H,11-12H2;;;;/q;-2;;;;;;. The Labute approximate surface area is 595 Å². The molecule has 4 radical (unpaired) electrons. The number of hydrogen-bond donors (Lipinski definition) is 8. The van der Waals surface area contributed by atoms with Gasteiger partial charge in [0, 0.05) is 193 Å². The summed E-state index contributed by atoms with van der Waals surface area (Å²) < 4.78 is 0. The maximum absolute atomic E-state index is 6.20. The minimum Gasteiger partial charge on any atom is -0.408 e. The molecule has 1 unspecified atom stereocenters. The quantitative estimate of drug-likeness (QED) is 0.0624. The zero-order valence-electron chi connectivity index (χ0n) is 50.4. The van der Waals surface area contributed by atoms with Gasteiger partial charge in [0.2, 0.25) is 0 Å². The van der Waals surface area contributed by atoms with Gasteiger partial charge < -0.3 is 50.8 Å². The Hall–Kier alpha value is -3.46. The summed E-state index contributed by atoms with van der Waals surface area (Å²) in [6.07, 6.45) is 10.5. The average molecular weight is 1410 g/mol. The Morgan fingerprint density at radius 3 is 1.33 bits per heavy atom. The summed E-state index contributed by atoms with van der Waals surface area (Å²) in [6, 6.07) is 43.7. The fourth-order valence-electron chi connectivity index (χ4n) is 14.8. The molecule has 13 heteroatoms. The molecule has 3 aliphatic heterocycles. The third-order valence-corrected chi connectivity index (χ3v) is 19.0. The van der Waals surface area contributed by atoms with Crippen molar-refractivity contribution in [3.05, 3.63) is 224 Å². The summed E-state index contributed by atoms with van der Waals surface area (Å²) in [4.78, 5) is 2.62. The van der Waals surface area contributed by atoms with E-state index in [9.17, 15) is 0 Å². The summed E-state index contributed by atoms with van der Waals surface area (Å²) in [7, 11) is 0. The van der Waals surface area contributed by atoms with Crippen LogP contribution in [0, 0.1) is 60.3 Å². The summed E-state index contributed by atoms with van der Waals surface area (Å²) in [5, 5.41) is 2.05. The molecule has 9 nitrogen and oxygen atoms in total. The van der Waals surface area contributed by atoms with Crippen molar-refractivity contribution in [1.29, 1.82) is 0 Å². The van der Waals surface area contributed by atoms with E-state index in [-0.39, 0.29) is 152 Å². The van der Waals surface area contributed by atoms with Crippen molar-refractivity contribution in [2.45, 2.75) is 116 Å². The van der Waals surface area contributed by atoms with E-state index in [0.717, 1.165) is 82.1 Å². The van der Waals surface area contributed by atoms with Crippen LogP contribution in [0.25, 0.3) is 10.8 Å². The molecule has 422 valence electrons. The second-order valence-corrected chi connectivity index (χ2v) is 24.6. The Kier molecular flexibility index (Phi) is 22.2. The maximum atomic E-state index is 6.20. The van der Waals surface area contributed by atoms with Crippen molar-refractivity contribution in [2.75, 3.05) is 65.5 Å². The zero-order valence-corrected chi connectivity index (χ0v) is 61.7. The molecular formula is C70H83N9Y4-2. The summed E-state index contributed by atoms with van der Waals surface area (Å²) in [5.41, 5.74) is 75.0. The van der Waals surface area contributed by atoms with Crippen molar-refractivity contribution < 1.29 is 131 Å². The van der Waals surface area contributed by atoms with Crippen molar-refractivity contribution in [2.24, 2.45) is 5.92 Å². The van der Waals surface area contributed by atoms with E-state index in [1.807, 2.05) is 54.6 Å². The summed E-state index contributed by atoms with van der Waals surface area (Å²) in [6.45, 7) is 23.4. The molecule has 8 aromatic carbocycles. The van der Waals surface area contributed by atoms with Gasteiger partial charge in [-0.2, -0.15) is 24.0 Å². The van der Waals surface area contributed by atoms with E-state index in [4.69, 9.17) is 45.9 Å². The Morgan fingerprint density at radius 1 is 0.446 bits per heavy atom. The molecule has 2 bridgehead atoms. The molecule has 0 amide bonds. The minimum atomic E-state index is 0. The Balaban J connectivity index is 0.000000179. The molecule has 8 aromatic rings. The second kappa shape index (κ2) is 26.9. The fraction of sp³-hybridized carbons (Fsp3) is 0.314. The van der Waals surface area contributed by atoms with Gasteiger partial charge in [0.25, 0.3) is 0 Å². The monoisotopic (exact) mass is 1410 g/mol. The van der Waals surface area contributed by atoms with Crippen LogP contribution in [-0.2, 0) is 152 Å². The van der Waals surface area contributed by atoms with Gasteiger partial charge in [0.1, 0.15) is 0 Å². The molecule has 3 fully saturated rings. The SMILES string of the molecule is CC1(C)CC(C)(c2ccc(N)cc2)c2cc(N)ccc21.Cc1cc(C2(c3ccc(N)c(C)c3)CN3CCC2CC3)ccc1N.Cc1cc(N)c(C)c2c1C1(C[CH-]2)C[CH-]c2c(C)c(N)cc(C)c21.Nc1cccc2c(N)cccc12.[Y].[Y].[Y].[Y]. The molecule has 1 atom stereocenters. The average Bonchev–Trinajstić information content (AvgIpc) is 4.07. The van der Waals surface area contributed by atoms with Crippen LogP contribution in [0.15, 0.2) is 127 Å². The van der Waals surface area contributed by atoms with Crippen molar-refractivity contribution in [3.8, 4) is 0 Å². The number of fused-ring (bicyclic) bond motifs is 9. The molecule has 3 aliphatic carbocycles. The van der Waals surface area contributed by atoms with Gasteiger partial charge in [0.05, 0.1) is 0 Å². The molecule has 3 saturated heterocycles. The fourth-order valence-corrected chi connectivity index (χ4v) is 14.8. The normalized spacial score (nSPS) is 19.0. The molecular weight excluding hydrogens is 1320 g/mol. The second-order valence-electron chi connectivity index (χ2n) is 24.6.